The number of pyridine rings is 1. The van der Waals surface area contributed by atoms with Crippen LogP contribution >= 0.6 is 0 Å². The highest BCUT2D eigenvalue weighted by Crippen LogP contribution is 2.22. The van der Waals surface area contributed by atoms with Crippen LogP contribution in [0, 0.1) is 0 Å². The van der Waals surface area contributed by atoms with Gasteiger partial charge in [-0.3, -0.25) is 9.20 Å². The van der Waals surface area contributed by atoms with Crippen molar-refractivity contribution in [2.24, 2.45) is 0 Å². The molecule has 0 aliphatic carbocycles. The number of carbonyl (C=O) groups is 1. The summed E-state index contributed by atoms with van der Waals surface area (Å²) < 4.78 is 22.9. The highest BCUT2D eigenvalue weighted by Gasteiger charge is 2.16. The summed E-state index contributed by atoms with van der Waals surface area (Å²) in [6.45, 7) is 3.68. The molecule has 0 unspecified atom stereocenters. The molecule has 0 fully saturated rings. The number of imidazole rings is 1. The van der Waals surface area contributed by atoms with Gasteiger partial charge in [-0.1, -0.05) is 26.8 Å². The van der Waals surface area contributed by atoms with Crippen molar-refractivity contribution in [3.05, 3.63) is 35.8 Å². The Kier molecular flexibility index (Phi) is 1.89. The Morgan fingerprint density at radius 3 is 2.88 bits per heavy atom. The van der Waals surface area contributed by atoms with Crippen LogP contribution in [0.25, 0.3) is 5.65 Å². The molecule has 1 amide bonds. The van der Waals surface area contributed by atoms with Gasteiger partial charge in [0.2, 0.25) is 0 Å². The molecule has 0 spiro atoms. The maximum atomic E-state index is 12.0. The molecule has 4 nitrogen and oxygen atoms in total. The van der Waals surface area contributed by atoms with Crippen molar-refractivity contribution in [2.45, 2.75) is 26.2 Å². The minimum atomic E-state index is -2.51. The fraction of sp³-hybridized carbons (Fsp3) is 0.385. The van der Waals surface area contributed by atoms with Crippen LogP contribution in [0.3, 0.4) is 0 Å². The lowest BCUT2D eigenvalue weighted by atomic mass is 9.88. The van der Waals surface area contributed by atoms with Crippen LogP contribution in [0.15, 0.2) is 24.5 Å². The van der Waals surface area contributed by atoms with Crippen LogP contribution in [0.5, 0.6) is 0 Å². The highest BCUT2D eigenvalue weighted by molar-refractivity contribution is 5.93. The fourth-order valence-corrected chi connectivity index (χ4v) is 1.66. The van der Waals surface area contributed by atoms with Gasteiger partial charge < -0.3 is 5.32 Å². The van der Waals surface area contributed by atoms with Crippen LogP contribution in [0.2, 0.25) is 0 Å². The molecule has 2 aromatic rings. The molecule has 0 atom stereocenters. The summed E-state index contributed by atoms with van der Waals surface area (Å²) in [4.78, 5) is 16.1. The normalized spacial score (nSPS) is 15.1. The number of amides is 1. The Morgan fingerprint density at radius 2 is 2.24 bits per heavy atom. The highest BCUT2D eigenvalue weighted by atomic mass is 16.1. The van der Waals surface area contributed by atoms with Gasteiger partial charge in [-0.15, -0.1) is 0 Å². The molecule has 0 aromatic carbocycles. The molecule has 4 heteroatoms. The Bertz CT molecular complexity index is 653. The minimum Gasteiger partial charge on any atom is -0.354 e. The molecule has 2 heterocycles. The molecule has 0 radical (unpaired) electrons. The summed E-state index contributed by atoms with van der Waals surface area (Å²) in [6, 6.07) is 3.76. The largest absolute Gasteiger partial charge is 0.354 e. The van der Waals surface area contributed by atoms with E-state index in [4.69, 9.17) is 4.11 Å². The quantitative estimate of drug-likeness (QED) is 0.820. The third-order valence-electron chi connectivity index (χ3n) is 2.72. The molecule has 0 aliphatic rings. The van der Waals surface area contributed by atoms with Crippen molar-refractivity contribution in [1.82, 2.24) is 14.7 Å². The van der Waals surface area contributed by atoms with E-state index in [9.17, 15) is 4.79 Å². The van der Waals surface area contributed by atoms with Crippen LogP contribution in [0.1, 0.15) is 40.9 Å². The first-order valence-corrected chi connectivity index (χ1v) is 5.38. The third kappa shape index (κ3) is 2.02. The Morgan fingerprint density at radius 1 is 1.47 bits per heavy atom. The average Bonchev–Trinajstić information content (AvgIpc) is 2.67. The lowest BCUT2D eigenvalue weighted by molar-refractivity contribution is 0.0957. The van der Waals surface area contributed by atoms with Gasteiger partial charge in [-0.25, -0.2) is 4.98 Å². The molecule has 0 saturated carbocycles. The van der Waals surface area contributed by atoms with Gasteiger partial charge in [0.05, 0.1) is 6.20 Å². The van der Waals surface area contributed by atoms with E-state index in [1.54, 1.807) is 4.40 Å². The Labute approximate surface area is 105 Å². The second-order valence-electron chi connectivity index (χ2n) is 4.99. The van der Waals surface area contributed by atoms with Crippen molar-refractivity contribution >= 4 is 11.6 Å². The van der Waals surface area contributed by atoms with Gasteiger partial charge in [0, 0.05) is 17.3 Å². The molecule has 2 rings (SSSR count). The number of carbonyl (C=O) groups excluding carboxylic acids is 1. The molecule has 2 aromatic heterocycles. The van der Waals surface area contributed by atoms with E-state index in [1.807, 2.05) is 23.6 Å². The lowest BCUT2D eigenvalue weighted by Gasteiger charge is -2.19. The topological polar surface area (TPSA) is 46.4 Å². The maximum Gasteiger partial charge on any atom is 0.269 e. The van der Waals surface area contributed by atoms with Crippen molar-refractivity contribution < 1.29 is 8.91 Å². The SMILES string of the molecule is [2H]C([2H])([2H])NC(=O)c1cnc2ccc(C(C)(C)C)cn12. The molecule has 90 valence electrons. The Balaban J connectivity index is 2.47. The van der Waals surface area contributed by atoms with Crippen molar-refractivity contribution in [2.75, 3.05) is 6.98 Å². The van der Waals surface area contributed by atoms with Crippen LogP contribution in [-0.4, -0.2) is 22.3 Å². The van der Waals surface area contributed by atoms with Crippen molar-refractivity contribution in [1.29, 1.82) is 0 Å². The predicted molar refractivity (Wildman–Crippen MR) is 67.3 cm³/mol. The number of hydrogen-bond donors (Lipinski definition) is 1. The molecular formula is C13H17N3O. The number of nitrogens with one attached hydrogen (secondary N) is 1. The van der Waals surface area contributed by atoms with E-state index in [2.05, 4.69) is 25.8 Å². The third-order valence-corrected chi connectivity index (χ3v) is 2.72. The maximum absolute atomic E-state index is 12.0. The molecule has 17 heavy (non-hydrogen) atoms. The number of hydrogen-bond acceptors (Lipinski definition) is 2. The van der Waals surface area contributed by atoms with Crippen LogP contribution in [-0.2, 0) is 5.41 Å². The summed E-state index contributed by atoms with van der Waals surface area (Å²) in [5.74, 6) is -0.663. The van der Waals surface area contributed by atoms with Gasteiger partial charge in [0.15, 0.2) is 0 Å². The van der Waals surface area contributed by atoms with Crippen molar-refractivity contribution in [3.63, 3.8) is 0 Å². The first-order chi connectivity index (χ1) is 9.08. The molecular weight excluding hydrogens is 214 g/mol. The number of nitrogens with zero attached hydrogens (tertiary/aromatic N) is 2. The van der Waals surface area contributed by atoms with Gasteiger partial charge in [-0.2, -0.15) is 0 Å². The second kappa shape index (κ2) is 3.87. The molecule has 0 bridgehead atoms. The van der Waals surface area contributed by atoms with E-state index in [-0.39, 0.29) is 11.1 Å². The van der Waals surface area contributed by atoms with E-state index in [1.165, 1.54) is 6.20 Å². The van der Waals surface area contributed by atoms with E-state index in [0.29, 0.717) is 5.65 Å². The van der Waals surface area contributed by atoms with Crippen LogP contribution < -0.4 is 5.32 Å². The smallest absolute Gasteiger partial charge is 0.269 e. The first kappa shape index (κ1) is 8.28. The fourth-order valence-electron chi connectivity index (χ4n) is 1.66. The van der Waals surface area contributed by atoms with Crippen molar-refractivity contribution in [3.8, 4) is 0 Å². The summed E-state index contributed by atoms with van der Waals surface area (Å²) in [5, 5.41) is 1.97. The number of aromatic nitrogens is 2. The zero-order chi connectivity index (χ0) is 15.1. The molecule has 0 saturated heterocycles. The summed E-state index contributed by atoms with van der Waals surface area (Å²) in [6.07, 6.45) is 3.19. The summed E-state index contributed by atoms with van der Waals surface area (Å²) in [7, 11) is 0. The zero-order valence-electron chi connectivity index (χ0n) is 13.1. The standard InChI is InChI=1S/C13H17N3O/c1-13(2,3)9-5-6-11-15-7-10(12(17)14-4)16(11)8-9/h5-8H,1-4H3,(H,14,17)/i4D3. The lowest BCUT2D eigenvalue weighted by Crippen LogP contribution is -2.20. The van der Waals surface area contributed by atoms with Gasteiger partial charge in [0.25, 0.3) is 5.91 Å². The van der Waals surface area contributed by atoms with E-state index >= 15 is 0 Å². The van der Waals surface area contributed by atoms with E-state index in [0.717, 1.165) is 5.56 Å². The average molecular weight is 234 g/mol. The summed E-state index contributed by atoms with van der Waals surface area (Å²) >= 11 is 0. The van der Waals surface area contributed by atoms with E-state index < -0.39 is 12.9 Å². The first-order valence-electron chi connectivity index (χ1n) is 6.88. The van der Waals surface area contributed by atoms with Gasteiger partial charge in [-0.05, 0) is 17.0 Å². The second-order valence-corrected chi connectivity index (χ2v) is 4.99. The summed E-state index contributed by atoms with van der Waals surface area (Å²) in [5.41, 5.74) is 1.78. The molecule has 1 N–H and O–H groups in total. The van der Waals surface area contributed by atoms with Gasteiger partial charge in [0.1, 0.15) is 11.3 Å². The molecule has 0 aliphatic heterocycles. The number of rotatable bonds is 1. The minimum absolute atomic E-state index is 0.0732. The monoisotopic (exact) mass is 234 g/mol. The zero-order valence-corrected chi connectivity index (χ0v) is 10.1. The van der Waals surface area contributed by atoms with Crippen LogP contribution in [0.4, 0.5) is 0 Å². The predicted octanol–water partition coefficient (Wildman–Crippen LogP) is 1.99. The number of fused-ring (bicyclic) bond motifs is 1. The van der Waals surface area contributed by atoms with Gasteiger partial charge >= 0.3 is 0 Å². The Hall–Kier alpha value is -1.84.